The van der Waals surface area contributed by atoms with Gasteiger partial charge < -0.3 is 19.9 Å². The standard InChI is InChI=1S/C19H34N6OS.HI/c1-4-16-22-18(27-23-16)25-12-10-24(11-13-25)17(20-2)21-15-19(9-14-26-3)7-5-6-8-19;/h4-15H2,1-3H3,(H,20,21);1H. The van der Waals surface area contributed by atoms with Gasteiger partial charge in [-0.1, -0.05) is 19.8 Å². The topological polar surface area (TPSA) is 65.9 Å². The molecule has 1 saturated carbocycles. The van der Waals surface area contributed by atoms with E-state index in [-0.39, 0.29) is 24.0 Å². The maximum absolute atomic E-state index is 5.36. The summed E-state index contributed by atoms with van der Waals surface area (Å²) >= 11 is 1.52. The summed E-state index contributed by atoms with van der Waals surface area (Å²) in [7, 11) is 3.69. The number of methoxy groups -OCH3 is 1. The average molecular weight is 523 g/mol. The van der Waals surface area contributed by atoms with Gasteiger partial charge in [0.1, 0.15) is 5.82 Å². The summed E-state index contributed by atoms with van der Waals surface area (Å²) in [4.78, 5) is 13.9. The highest BCUT2D eigenvalue weighted by Crippen LogP contribution is 2.40. The number of hydrogen-bond acceptors (Lipinski definition) is 6. The second-order valence-electron chi connectivity index (χ2n) is 7.67. The van der Waals surface area contributed by atoms with Crippen LogP contribution in [0.3, 0.4) is 0 Å². The number of aromatic nitrogens is 2. The minimum atomic E-state index is 0. The highest BCUT2D eigenvalue weighted by Gasteiger charge is 2.34. The molecule has 7 nitrogen and oxygen atoms in total. The molecular weight excluding hydrogens is 487 g/mol. The van der Waals surface area contributed by atoms with Crippen LogP contribution in [0, 0.1) is 5.41 Å². The molecule has 0 unspecified atom stereocenters. The first-order valence-corrected chi connectivity index (χ1v) is 11.0. The van der Waals surface area contributed by atoms with Crippen LogP contribution in [-0.4, -0.2) is 73.7 Å². The first-order valence-electron chi connectivity index (χ1n) is 10.2. The number of nitrogens with one attached hydrogen (secondary N) is 1. The molecule has 9 heteroatoms. The zero-order valence-electron chi connectivity index (χ0n) is 17.4. The van der Waals surface area contributed by atoms with Crippen molar-refractivity contribution < 1.29 is 4.74 Å². The monoisotopic (exact) mass is 522 g/mol. The zero-order valence-corrected chi connectivity index (χ0v) is 20.6. The molecule has 2 fully saturated rings. The number of nitrogens with zero attached hydrogens (tertiary/aromatic N) is 5. The lowest BCUT2D eigenvalue weighted by atomic mass is 9.83. The fourth-order valence-electron chi connectivity index (χ4n) is 4.18. The molecule has 28 heavy (non-hydrogen) atoms. The fraction of sp³-hybridized carbons (Fsp3) is 0.842. The lowest BCUT2D eigenvalue weighted by Crippen LogP contribution is -2.53. The molecule has 0 atom stereocenters. The highest BCUT2D eigenvalue weighted by molar-refractivity contribution is 14.0. The Labute approximate surface area is 190 Å². The summed E-state index contributed by atoms with van der Waals surface area (Å²) in [6.45, 7) is 7.81. The van der Waals surface area contributed by atoms with Crippen molar-refractivity contribution in [2.45, 2.75) is 45.4 Å². The SMILES string of the molecule is CCc1nsc(N2CCN(C(=NC)NCC3(CCOC)CCCC3)CC2)n1.I. The van der Waals surface area contributed by atoms with Gasteiger partial charge in [-0.25, -0.2) is 4.98 Å². The number of halogens is 1. The summed E-state index contributed by atoms with van der Waals surface area (Å²) in [6.07, 6.45) is 7.31. The van der Waals surface area contributed by atoms with Gasteiger partial charge >= 0.3 is 0 Å². The predicted octanol–water partition coefficient (Wildman–Crippen LogP) is 3.01. The quantitative estimate of drug-likeness (QED) is 0.338. The van der Waals surface area contributed by atoms with Gasteiger partial charge in [0.2, 0.25) is 5.13 Å². The zero-order chi connectivity index (χ0) is 19.1. The van der Waals surface area contributed by atoms with Gasteiger partial charge in [-0.3, -0.25) is 4.99 Å². The average Bonchev–Trinajstić information content (AvgIpc) is 3.37. The Balaban J connectivity index is 0.00000280. The highest BCUT2D eigenvalue weighted by atomic mass is 127. The van der Waals surface area contributed by atoms with E-state index in [2.05, 4.69) is 36.4 Å². The largest absolute Gasteiger partial charge is 0.385 e. The van der Waals surface area contributed by atoms with E-state index in [4.69, 9.17) is 4.74 Å². The first kappa shape index (κ1) is 23.6. The van der Waals surface area contributed by atoms with Crippen LogP contribution >= 0.6 is 35.5 Å². The number of ether oxygens (including phenoxy) is 1. The van der Waals surface area contributed by atoms with Gasteiger partial charge in [-0.05, 0) is 24.7 Å². The Morgan fingerprint density at radius 1 is 1.25 bits per heavy atom. The maximum atomic E-state index is 5.36. The Hall–Kier alpha value is -0.680. The molecule has 3 rings (SSSR count). The van der Waals surface area contributed by atoms with Crippen molar-refractivity contribution >= 4 is 46.6 Å². The third-order valence-electron chi connectivity index (χ3n) is 5.96. The number of anilines is 1. The smallest absolute Gasteiger partial charge is 0.205 e. The number of aliphatic imine (C=N–C) groups is 1. The van der Waals surface area contributed by atoms with E-state index in [9.17, 15) is 0 Å². The van der Waals surface area contributed by atoms with Crippen molar-refractivity contribution in [3.63, 3.8) is 0 Å². The van der Waals surface area contributed by atoms with Gasteiger partial charge in [0.25, 0.3) is 0 Å². The predicted molar refractivity (Wildman–Crippen MR) is 127 cm³/mol. The molecule has 1 aliphatic carbocycles. The molecule has 1 aromatic rings. The number of piperazine rings is 1. The van der Waals surface area contributed by atoms with Crippen LogP contribution in [0.15, 0.2) is 4.99 Å². The normalized spacial score (nSPS) is 19.6. The number of aryl methyl sites for hydroxylation is 1. The van der Waals surface area contributed by atoms with Crippen LogP contribution < -0.4 is 10.2 Å². The lowest BCUT2D eigenvalue weighted by Gasteiger charge is -2.37. The van der Waals surface area contributed by atoms with E-state index < -0.39 is 0 Å². The number of hydrogen-bond donors (Lipinski definition) is 1. The summed E-state index contributed by atoms with van der Waals surface area (Å²) in [5, 5.41) is 4.73. The Morgan fingerprint density at radius 2 is 1.96 bits per heavy atom. The van der Waals surface area contributed by atoms with Gasteiger partial charge in [-0.2, -0.15) is 4.37 Å². The molecule has 0 amide bonds. The van der Waals surface area contributed by atoms with Crippen molar-refractivity contribution in [1.82, 2.24) is 19.6 Å². The molecule has 0 radical (unpaired) electrons. The third-order valence-corrected chi connectivity index (χ3v) is 6.77. The molecule has 2 aliphatic rings. The molecular formula is C19H35IN6OS. The Bertz CT molecular complexity index is 611. The molecule has 0 spiro atoms. The second kappa shape index (κ2) is 11.5. The van der Waals surface area contributed by atoms with Crippen molar-refractivity contribution in [3.05, 3.63) is 5.82 Å². The van der Waals surface area contributed by atoms with Crippen molar-refractivity contribution in [2.24, 2.45) is 10.4 Å². The van der Waals surface area contributed by atoms with Crippen LogP contribution in [0.25, 0.3) is 0 Å². The van der Waals surface area contributed by atoms with E-state index in [0.29, 0.717) is 5.41 Å². The molecule has 1 aromatic heterocycles. The summed E-state index contributed by atoms with van der Waals surface area (Å²) in [5.74, 6) is 1.98. The molecule has 0 bridgehead atoms. The lowest BCUT2D eigenvalue weighted by molar-refractivity contribution is 0.137. The van der Waals surface area contributed by atoms with E-state index in [1.165, 1.54) is 37.2 Å². The van der Waals surface area contributed by atoms with Gasteiger partial charge in [0.15, 0.2) is 5.96 Å². The third kappa shape index (κ3) is 5.91. The van der Waals surface area contributed by atoms with E-state index >= 15 is 0 Å². The van der Waals surface area contributed by atoms with Crippen LogP contribution in [0.2, 0.25) is 0 Å². The first-order chi connectivity index (χ1) is 13.2. The summed E-state index contributed by atoms with van der Waals surface area (Å²) in [6, 6.07) is 0. The van der Waals surface area contributed by atoms with Gasteiger partial charge in [-0.15, -0.1) is 24.0 Å². The van der Waals surface area contributed by atoms with Crippen LogP contribution in [-0.2, 0) is 11.2 Å². The molecule has 0 aromatic carbocycles. The van der Waals surface area contributed by atoms with Crippen LogP contribution in [0.4, 0.5) is 5.13 Å². The van der Waals surface area contributed by atoms with Crippen molar-refractivity contribution in [1.29, 1.82) is 0 Å². The van der Waals surface area contributed by atoms with Gasteiger partial charge in [0, 0.05) is 71.4 Å². The Kier molecular flexibility index (Phi) is 9.68. The molecule has 160 valence electrons. The van der Waals surface area contributed by atoms with Crippen LogP contribution in [0.1, 0.15) is 44.9 Å². The van der Waals surface area contributed by atoms with E-state index in [1.54, 1.807) is 7.11 Å². The Morgan fingerprint density at radius 3 is 2.54 bits per heavy atom. The minimum Gasteiger partial charge on any atom is -0.385 e. The number of guanidine groups is 1. The van der Waals surface area contributed by atoms with Crippen molar-refractivity contribution in [2.75, 3.05) is 58.4 Å². The van der Waals surface area contributed by atoms with E-state index in [1.807, 2.05) is 7.05 Å². The van der Waals surface area contributed by atoms with Crippen LogP contribution in [0.5, 0.6) is 0 Å². The fourth-order valence-corrected chi connectivity index (χ4v) is 4.99. The number of rotatable bonds is 7. The van der Waals surface area contributed by atoms with Crippen molar-refractivity contribution in [3.8, 4) is 0 Å². The van der Waals surface area contributed by atoms with E-state index in [0.717, 1.165) is 69.1 Å². The molecule has 2 heterocycles. The second-order valence-corrected chi connectivity index (χ2v) is 8.40. The summed E-state index contributed by atoms with van der Waals surface area (Å²) in [5.41, 5.74) is 0.372. The molecule has 1 saturated heterocycles. The molecule has 1 N–H and O–H groups in total. The minimum absolute atomic E-state index is 0. The molecule has 1 aliphatic heterocycles. The maximum Gasteiger partial charge on any atom is 0.205 e. The summed E-state index contributed by atoms with van der Waals surface area (Å²) < 4.78 is 9.77. The van der Waals surface area contributed by atoms with Gasteiger partial charge in [0.05, 0.1) is 0 Å².